The molecule has 1 aliphatic rings. The van der Waals surface area contributed by atoms with Crippen LogP contribution in [0.5, 0.6) is 0 Å². The molecule has 1 fully saturated rings. The van der Waals surface area contributed by atoms with Crippen LogP contribution in [0.4, 0.5) is 4.39 Å². The fourth-order valence-electron chi connectivity index (χ4n) is 4.25. The van der Waals surface area contributed by atoms with Crippen LogP contribution in [0.15, 0.2) is 60.8 Å². The van der Waals surface area contributed by atoms with Crippen molar-refractivity contribution in [3.05, 3.63) is 82.9 Å². The van der Waals surface area contributed by atoms with Gasteiger partial charge in [-0.05, 0) is 49.2 Å². The van der Waals surface area contributed by atoms with E-state index in [1.807, 2.05) is 37.3 Å². The summed E-state index contributed by atoms with van der Waals surface area (Å²) in [5.41, 5.74) is 3.70. The number of amides is 1. The van der Waals surface area contributed by atoms with Crippen molar-refractivity contribution >= 4 is 28.9 Å². The largest absolute Gasteiger partial charge is 0.345 e. The maximum absolute atomic E-state index is 14.8. The second-order valence-electron chi connectivity index (χ2n) is 8.42. The number of pyridine rings is 1. The molecule has 0 radical (unpaired) electrons. The van der Waals surface area contributed by atoms with E-state index in [1.54, 1.807) is 28.8 Å². The van der Waals surface area contributed by atoms with Gasteiger partial charge in [-0.25, -0.2) is 9.37 Å². The van der Waals surface area contributed by atoms with Gasteiger partial charge in [0.05, 0.1) is 0 Å². The van der Waals surface area contributed by atoms with Gasteiger partial charge in [-0.3, -0.25) is 14.0 Å². The van der Waals surface area contributed by atoms with E-state index in [4.69, 9.17) is 11.6 Å². The minimum absolute atomic E-state index is 0.0497. The van der Waals surface area contributed by atoms with E-state index in [1.165, 1.54) is 6.07 Å². The number of rotatable bonds is 5. The van der Waals surface area contributed by atoms with Crippen molar-refractivity contribution in [1.82, 2.24) is 20.0 Å². The SMILES string of the molecule is Cc1ccc(-c2ccccc2-c2nc3cc(C(=O)C(=O)NC4CCNC4)ccn3c2Cl)c(F)c1. The van der Waals surface area contributed by atoms with Crippen LogP contribution in [0.2, 0.25) is 5.15 Å². The third kappa shape index (κ3) is 4.08. The molecule has 1 amide bonds. The van der Waals surface area contributed by atoms with Crippen LogP contribution < -0.4 is 10.6 Å². The summed E-state index contributed by atoms with van der Waals surface area (Å²) < 4.78 is 16.4. The second-order valence-corrected chi connectivity index (χ2v) is 8.77. The van der Waals surface area contributed by atoms with Gasteiger partial charge < -0.3 is 10.6 Å². The average molecular weight is 477 g/mol. The Hall–Kier alpha value is -3.55. The lowest BCUT2D eigenvalue weighted by molar-refractivity contribution is -0.117. The molecule has 2 aromatic carbocycles. The first-order valence-corrected chi connectivity index (χ1v) is 11.4. The Bertz CT molecular complexity index is 1430. The van der Waals surface area contributed by atoms with E-state index < -0.39 is 11.7 Å². The topological polar surface area (TPSA) is 75.5 Å². The van der Waals surface area contributed by atoms with Gasteiger partial charge in [-0.2, -0.15) is 0 Å². The van der Waals surface area contributed by atoms with Crippen LogP contribution in [-0.2, 0) is 4.79 Å². The molecule has 1 atom stereocenters. The molecule has 8 heteroatoms. The molecule has 1 saturated heterocycles. The first-order chi connectivity index (χ1) is 16.4. The zero-order valence-electron chi connectivity index (χ0n) is 18.4. The first-order valence-electron chi connectivity index (χ1n) is 11.0. The molecular formula is C26H22ClFN4O2. The van der Waals surface area contributed by atoms with Crippen molar-refractivity contribution in [2.24, 2.45) is 0 Å². The van der Waals surface area contributed by atoms with Crippen molar-refractivity contribution in [1.29, 1.82) is 0 Å². The summed E-state index contributed by atoms with van der Waals surface area (Å²) in [7, 11) is 0. The van der Waals surface area contributed by atoms with Crippen molar-refractivity contribution in [3.8, 4) is 22.4 Å². The van der Waals surface area contributed by atoms with Crippen LogP contribution >= 0.6 is 11.6 Å². The Morgan fingerprint density at radius 1 is 1.12 bits per heavy atom. The highest BCUT2D eigenvalue weighted by Crippen LogP contribution is 2.37. The standard InChI is InChI=1S/C26H22ClFN4O2/c1-15-6-7-19(21(28)12-15)18-4-2-3-5-20(18)23-25(27)32-11-9-16(13-22(32)31-23)24(33)26(34)30-17-8-10-29-14-17/h2-7,9,11-13,17,29H,8,10,14H2,1H3,(H,30,34). The predicted octanol–water partition coefficient (Wildman–Crippen LogP) is 4.43. The molecule has 6 nitrogen and oxygen atoms in total. The molecule has 2 aromatic heterocycles. The summed E-state index contributed by atoms with van der Waals surface area (Å²) in [6, 6.07) is 15.4. The maximum atomic E-state index is 14.8. The van der Waals surface area contributed by atoms with Gasteiger partial charge in [0.25, 0.3) is 5.91 Å². The van der Waals surface area contributed by atoms with Crippen molar-refractivity contribution in [2.45, 2.75) is 19.4 Å². The Morgan fingerprint density at radius 2 is 1.91 bits per heavy atom. The number of ketones is 1. The van der Waals surface area contributed by atoms with Crippen LogP contribution in [0.3, 0.4) is 0 Å². The van der Waals surface area contributed by atoms with E-state index >= 15 is 0 Å². The van der Waals surface area contributed by atoms with Crippen LogP contribution in [0, 0.1) is 12.7 Å². The first kappa shape index (κ1) is 22.3. The van der Waals surface area contributed by atoms with Gasteiger partial charge in [0.1, 0.15) is 22.3 Å². The number of aryl methyl sites for hydroxylation is 1. The molecule has 3 heterocycles. The highest BCUT2D eigenvalue weighted by molar-refractivity contribution is 6.43. The number of imidazole rings is 1. The van der Waals surface area contributed by atoms with Gasteiger partial charge in [0, 0.05) is 35.5 Å². The summed E-state index contributed by atoms with van der Waals surface area (Å²) in [6.45, 7) is 3.30. The molecule has 0 saturated carbocycles. The summed E-state index contributed by atoms with van der Waals surface area (Å²) in [5.74, 6) is -1.60. The smallest absolute Gasteiger partial charge is 0.292 e. The lowest BCUT2D eigenvalue weighted by atomic mass is 9.97. The van der Waals surface area contributed by atoms with Crippen molar-refractivity contribution in [3.63, 3.8) is 0 Å². The number of carbonyl (C=O) groups excluding carboxylic acids is 2. The molecule has 0 aliphatic carbocycles. The molecule has 0 spiro atoms. The average Bonchev–Trinajstić information content (AvgIpc) is 3.46. The van der Waals surface area contributed by atoms with Gasteiger partial charge in [0.2, 0.25) is 5.78 Å². The zero-order valence-corrected chi connectivity index (χ0v) is 19.2. The fraction of sp³-hybridized carbons (Fsp3) is 0.192. The summed E-state index contributed by atoms with van der Waals surface area (Å²) in [5, 5.41) is 6.24. The molecular weight excluding hydrogens is 455 g/mol. The van der Waals surface area contributed by atoms with Gasteiger partial charge in [0.15, 0.2) is 0 Å². The number of Topliss-reactive ketones (excluding diaryl/α,β-unsaturated/α-hetero) is 1. The molecule has 34 heavy (non-hydrogen) atoms. The number of benzene rings is 2. The zero-order chi connectivity index (χ0) is 23.8. The maximum Gasteiger partial charge on any atom is 0.292 e. The Kier molecular flexibility index (Phi) is 5.89. The molecule has 1 aliphatic heterocycles. The Morgan fingerprint density at radius 3 is 2.65 bits per heavy atom. The summed E-state index contributed by atoms with van der Waals surface area (Å²) >= 11 is 6.66. The number of hydrogen-bond donors (Lipinski definition) is 2. The molecule has 172 valence electrons. The highest BCUT2D eigenvalue weighted by Gasteiger charge is 2.24. The van der Waals surface area contributed by atoms with E-state index in [0.29, 0.717) is 39.7 Å². The molecule has 5 rings (SSSR count). The minimum atomic E-state index is -0.642. The van der Waals surface area contributed by atoms with Gasteiger partial charge >= 0.3 is 0 Å². The van der Waals surface area contributed by atoms with E-state index in [0.717, 1.165) is 18.5 Å². The third-order valence-electron chi connectivity index (χ3n) is 6.03. The number of hydrogen-bond acceptors (Lipinski definition) is 4. The summed E-state index contributed by atoms with van der Waals surface area (Å²) in [6.07, 6.45) is 2.40. The number of nitrogens with one attached hydrogen (secondary N) is 2. The molecule has 2 N–H and O–H groups in total. The number of halogens is 2. The van der Waals surface area contributed by atoms with Crippen LogP contribution in [0.25, 0.3) is 28.0 Å². The highest BCUT2D eigenvalue weighted by atomic mass is 35.5. The van der Waals surface area contributed by atoms with Gasteiger partial charge in [-0.15, -0.1) is 0 Å². The van der Waals surface area contributed by atoms with Crippen molar-refractivity contribution in [2.75, 3.05) is 13.1 Å². The van der Waals surface area contributed by atoms with Crippen molar-refractivity contribution < 1.29 is 14.0 Å². The second kappa shape index (κ2) is 9.00. The lowest BCUT2D eigenvalue weighted by Gasteiger charge is -2.10. The monoisotopic (exact) mass is 476 g/mol. The van der Waals surface area contributed by atoms with E-state index in [9.17, 15) is 14.0 Å². The number of fused-ring (bicyclic) bond motifs is 1. The molecule has 4 aromatic rings. The van der Waals surface area contributed by atoms with E-state index in [-0.39, 0.29) is 17.4 Å². The Balaban J connectivity index is 1.52. The van der Waals surface area contributed by atoms with Gasteiger partial charge in [-0.1, -0.05) is 48.0 Å². The Labute approximate surface area is 200 Å². The number of nitrogens with zero attached hydrogens (tertiary/aromatic N) is 2. The molecule has 1 unspecified atom stereocenters. The van der Waals surface area contributed by atoms with Crippen LogP contribution in [-0.4, -0.2) is 40.2 Å². The lowest BCUT2D eigenvalue weighted by Crippen LogP contribution is -2.40. The normalized spacial score (nSPS) is 15.6. The van der Waals surface area contributed by atoms with Crippen LogP contribution in [0.1, 0.15) is 22.3 Å². The number of carbonyl (C=O) groups is 2. The molecule has 0 bridgehead atoms. The summed E-state index contributed by atoms with van der Waals surface area (Å²) in [4.78, 5) is 29.7. The number of aromatic nitrogens is 2. The minimum Gasteiger partial charge on any atom is -0.345 e. The fourth-order valence-corrected chi connectivity index (χ4v) is 4.54. The third-order valence-corrected chi connectivity index (χ3v) is 6.39. The quantitative estimate of drug-likeness (QED) is 0.330. The van der Waals surface area contributed by atoms with E-state index in [2.05, 4.69) is 15.6 Å². The predicted molar refractivity (Wildman–Crippen MR) is 130 cm³/mol.